The summed E-state index contributed by atoms with van der Waals surface area (Å²) in [6.45, 7) is 10.3. The van der Waals surface area contributed by atoms with Crippen molar-refractivity contribution >= 4 is 5.57 Å². The Morgan fingerprint density at radius 1 is 1.42 bits per heavy atom. The standard InChI is InChI=1S/C11H15N/c1-8(2)10(4)11-6-5-9(3)12-7-11/h5-8H,4H2,1-3H3. The number of allylic oxidation sites excluding steroid dienone is 1. The maximum absolute atomic E-state index is 4.22. The summed E-state index contributed by atoms with van der Waals surface area (Å²) in [5, 5.41) is 0. The van der Waals surface area contributed by atoms with Crippen molar-refractivity contribution in [1.82, 2.24) is 4.98 Å². The minimum Gasteiger partial charge on any atom is -0.261 e. The Morgan fingerprint density at radius 3 is 2.50 bits per heavy atom. The van der Waals surface area contributed by atoms with Gasteiger partial charge in [-0.1, -0.05) is 26.5 Å². The van der Waals surface area contributed by atoms with Crippen molar-refractivity contribution in [2.75, 3.05) is 0 Å². The van der Waals surface area contributed by atoms with Crippen LogP contribution in [0.2, 0.25) is 0 Å². The summed E-state index contributed by atoms with van der Waals surface area (Å²) in [6, 6.07) is 4.09. The van der Waals surface area contributed by atoms with Gasteiger partial charge in [-0.2, -0.15) is 0 Å². The van der Waals surface area contributed by atoms with E-state index in [1.54, 1.807) is 0 Å². The molecule has 0 N–H and O–H groups in total. The average molecular weight is 161 g/mol. The van der Waals surface area contributed by atoms with Gasteiger partial charge in [-0.15, -0.1) is 0 Å². The molecule has 0 aliphatic rings. The quantitative estimate of drug-likeness (QED) is 0.649. The summed E-state index contributed by atoms with van der Waals surface area (Å²) in [5.41, 5.74) is 3.36. The Morgan fingerprint density at radius 2 is 2.08 bits per heavy atom. The zero-order valence-corrected chi connectivity index (χ0v) is 7.96. The molecule has 1 heterocycles. The van der Waals surface area contributed by atoms with Gasteiger partial charge in [0.1, 0.15) is 0 Å². The molecule has 0 aliphatic heterocycles. The lowest BCUT2D eigenvalue weighted by molar-refractivity contribution is 0.856. The van der Waals surface area contributed by atoms with Gasteiger partial charge in [0.15, 0.2) is 0 Å². The first kappa shape index (κ1) is 8.98. The van der Waals surface area contributed by atoms with Crippen LogP contribution >= 0.6 is 0 Å². The number of aryl methyl sites for hydroxylation is 1. The highest BCUT2D eigenvalue weighted by molar-refractivity contribution is 5.63. The van der Waals surface area contributed by atoms with E-state index in [9.17, 15) is 0 Å². The van der Waals surface area contributed by atoms with E-state index in [-0.39, 0.29) is 0 Å². The normalized spacial score (nSPS) is 10.3. The predicted octanol–water partition coefficient (Wildman–Crippen LogP) is 3.06. The van der Waals surface area contributed by atoms with Crippen LogP contribution in [-0.4, -0.2) is 4.98 Å². The molecule has 0 atom stereocenters. The highest BCUT2D eigenvalue weighted by Gasteiger charge is 2.02. The van der Waals surface area contributed by atoms with Gasteiger partial charge in [-0.05, 0) is 30.0 Å². The van der Waals surface area contributed by atoms with Crippen LogP contribution in [0.25, 0.3) is 5.57 Å². The second kappa shape index (κ2) is 3.53. The number of rotatable bonds is 2. The lowest BCUT2D eigenvalue weighted by atomic mass is 9.99. The molecular weight excluding hydrogens is 146 g/mol. The van der Waals surface area contributed by atoms with Gasteiger partial charge in [0.25, 0.3) is 0 Å². The SMILES string of the molecule is C=C(c1ccc(C)nc1)C(C)C. The molecule has 0 bridgehead atoms. The maximum Gasteiger partial charge on any atom is 0.0373 e. The monoisotopic (exact) mass is 161 g/mol. The molecule has 0 aliphatic carbocycles. The molecule has 0 unspecified atom stereocenters. The Bertz CT molecular complexity index is 270. The lowest BCUT2D eigenvalue weighted by Gasteiger charge is -2.08. The predicted molar refractivity (Wildman–Crippen MR) is 52.8 cm³/mol. The number of nitrogens with zero attached hydrogens (tertiary/aromatic N) is 1. The first-order valence-electron chi connectivity index (χ1n) is 4.23. The van der Waals surface area contributed by atoms with E-state index in [4.69, 9.17) is 0 Å². The van der Waals surface area contributed by atoms with Crippen molar-refractivity contribution in [1.29, 1.82) is 0 Å². The maximum atomic E-state index is 4.22. The van der Waals surface area contributed by atoms with Gasteiger partial charge in [0.2, 0.25) is 0 Å². The second-order valence-electron chi connectivity index (χ2n) is 3.37. The molecule has 0 saturated carbocycles. The van der Waals surface area contributed by atoms with Crippen LogP contribution < -0.4 is 0 Å². The van der Waals surface area contributed by atoms with Gasteiger partial charge in [-0.25, -0.2) is 0 Å². The average Bonchev–Trinajstić information content (AvgIpc) is 2.04. The van der Waals surface area contributed by atoms with Crippen LogP contribution in [0.3, 0.4) is 0 Å². The van der Waals surface area contributed by atoms with E-state index in [1.807, 2.05) is 19.2 Å². The highest BCUT2D eigenvalue weighted by atomic mass is 14.7. The van der Waals surface area contributed by atoms with E-state index < -0.39 is 0 Å². The first-order chi connectivity index (χ1) is 5.61. The summed E-state index contributed by atoms with van der Waals surface area (Å²) in [6.07, 6.45) is 1.89. The molecule has 0 amide bonds. The van der Waals surface area contributed by atoms with Gasteiger partial charge in [-0.3, -0.25) is 4.98 Å². The van der Waals surface area contributed by atoms with Crippen molar-refractivity contribution in [3.05, 3.63) is 36.2 Å². The molecule has 1 heteroatoms. The van der Waals surface area contributed by atoms with Crippen molar-refractivity contribution < 1.29 is 0 Å². The van der Waals surface area contributed by atoms with Gasteiger partial charge >= 0.3 is 0 Å². The zero-order chi connectivity index (χ0) is 9.14. The summed E-state index contributed by atoms with van der Waals surface area (Å²) < 4.78 is 0. The number of aromatic nitrogens is 1. The van der Waals surface area contributed by atoms with Crippen molar-refractivity contribution in [3.63, 3.8) is 0 Å². The minimum atomic E-state index is 0.495. The molecular formula is C11H15N. The van der Waals surface area contributed by atoms with E-state index in [2.05, 4.69) is 31.5 Å². The third-order valence-electron chi connectivity index (χ3n) is 1.98. The smallest absolute Gasteiger partial charge is 0.0373 e. The van der Waals surface area contributed by atoms with Crippen molar-refractivity contribution in [2.45, 2.75) is 20.8 Å². The van der Waals surface area contributed by atoms with Crippen LogP contribution in [0.5, 0.6) is 0 Å². The van der Waals surface area contributed by atoms with Crippen LogP contribution in [0.4, 0.5) is 0 Å². The Hall–Kier alpha value is -1.11. The fourth-order valence-corrected chi connectivity index (χ4v) is 0.991. The Balaban J connectivity index is 2.90. The first-order valence-corrected chi connectivity index (χ1v) is 4.23. The van der Waals surface area contributed by atoms with Crippen LogP contribution in [0.1, 0.15) is 25.1 Å². The fraction of sp³-hybridized carbons (Fsp3) is 0.364. The van der Waals surface area contributed by atoms with E-state index in [0.717, 1.165) is 16.8 Å². The van der Waals surface area contributed by atoms with Gasteiger partial charge in [0.05, 0.1) is 0 Å². The Kier molecular flexibility index (Phi) is 2.64. The molecule has 1 aromatic rings. The number of pyridine rings is 1. The summed E-state index contributed by atoms with van der Waals surface area (Å²) in [5.74, 6) is 0.495. The summed E-state index contributed by atoms with van der Waals surface area (Å²) >= 11 is 0. The molecule has 0 fully saturated rings. The minimum absolute atomic E-state index is 0.495. The molecule has 64 valence electrons. The molecule has 0 saturated heterocycles. The van der Waals surface area contributed by atoms with Crippen molar-refractivity contribution in [3.8, 4) is 0 Å². The Labute approximate surface area is 74.2 Å². The van der Waals surface area contributed by atoms with Crippen LogP contribution in [0.15, 0.2) is 24.9 Å². The fourth-order valence-electron chi connectivity index (χ4n) is 0.991. The topological polar surface area (TPSA) is 12.9 Å². The van der Waals surface area contributed by atoms with E-state index in [0.29, 0.717) is 5.92 Å². The highest BCUT2D eigenvalue weighted by Crippen LogP contribution is 2.19. The summed E-state index contributed by atoms with van der Waals surface area (Å²) in [7, 11) is 0. The van der Waals surface area contributed by atoms with Crippen molar-refractivity contribution in [2.24, 2.45) is 5.92 Å². The molecule has 12 heavy (non-hydrogen) atoms. The van der Waals surface area contributed by atoms with Crippen LogP contribution in [0, 0.1) is 12.8 Å². The molecule has 0 radical (unpaired) electrons. The van der Waals surface area contributed by atoms with Crippen LogP contribution in [-0.2, 0) is 0 Å². The second-order valence-corrected chi connectivity index (χ2v) is 3.37. The zero-order valence-electron chi connectivity index (χ0n) is 7.96. The molecule has 1 rings (SSSR count). The third-order valence-corrected chi connectivity index (χ3v) is 1.98. The number of hydrogen-bond acceptors (Lipinski definition) is 1. The third kappa shape index (κ3) is 1.94. The van der Waals surface area contributed by atoms with E-state index in [1.165, 1.54) is 0 Å². The summed E-state index contributed by atoms with van der Waals surface area (Å²) in [4.78, 5) is 4.22. The van der Waals surface area contributed by atoms with E-state index >= 15 is 0 Å². The molecule has 1 nitrogen and oxygen atoms in total. The largest absolute Gasteiger partial charge is 0.261 e. The molecule has 0 spiro atoms. The van der Waals surface area contributed by atoms with Gasteiger partial charge in [0, 0.05) is 11.9 Å². The lowest BCUT2D eigenvalue weighted by Crippen LogP contribution is -1.93. The molecule has 0 aromatic carbocycles. The number of hydrogen-bond donors (Lipinski definition) is 0. The van der Waals surface area contributed by atoms with Gasteiger partial charge < -0.3 is 0 Å². The molecule has 1 aromatic heterocycles.